The van der Waals surface area contributed by atoms with E-state index in [2.05, 4.69) is 5.41 Å². The van der Waals surface area contributed by atoms with Gasteiger partial charge in [0.25, 0.3) is 0 Å². The zero-order chi connectivity index (χ0) is 25.2. The number of carbonyl (C=O) groups is 2. The molecular weight excluding hydrogens is 547 g/mol. The van der Waals surface area contributed by atoms with Gasteiger partial charge in [0.2, 0.25) is 10.0 Å². The molecule has 0 aliphatic carbocycles. The number of nitrogens with zero attached hydrogens (tertiary/aromatic N) is 1. The number of hydrogen-bond donors (Lipinski definition) is 0. The van der Waals surface area contributed by atoms with E-state index in [0.717, 1.165) is 15.4 Å². The second-order valence-corrected chi connectivity index (χ2v) is 15.5. The average Bonchev–Trinajstić information content (AvgIpc) is 3.54. The third-order valence-corrected chi connectivity index (χ3v) is 14.2. The minimum atomic E-state index is -3.41. The van der Waals surface area contributed by atoms with Crippen molar-refractivity contribution in [2.45, 2.75) is 23.8 Å². The molecule has 3 aliphatic heterocycles. The Kier molecular flexibility index (Phi) is 8.36. The molecule has 2 unspecified atom stereocenters. The molecule has 0 N–H and O–H groups in total. The van der Waals surface area contributed by atoms with Crippen LogP contribution in [0.4, 0.5) is 5.69 Å². The molecule has 12 heteroatoms. The molecule has 0 radical (unpaired) electrons. The van der Waals surface area contributed by atoms with E-state index in [1.54, 1.807) is 13.8 Å². The van der Waals surface area contributed by atoms with Crippen LogP contribution in [0, 0.1) is 5.92 Å². The average molecular weight is 574 g/mol. The summed E-state index contributed by atoms with van der Waals surface area (Å²) in [6.45, 7) is 4.14. The highest BCUT2D eigenvalue weighted by Crippen LogP contribution is 2.58. The molecule has 2 atom stereocenters. The highest BCUT2D eigenvalue weighted by Gasteiger charge is 2.55. The van der Waals surface area contributed by atoms with Crippen molar-refractivity contribution >= 4 is 77.6 Å². The molecule has 0 aromatic heterocycles. The van der Waals surface area contributed by atoms with Crippen LogP contribution in [0.2, 0.25) is 0 Å². The summed E-state index contributed by atoms with van der Waals surface area (Å²) in [5.41, 5.74) is 1.72. The van der Waals surface area contributed by atoms with Crippen molar-refractivity contribution in [2.24, 2.45) is 5.92 Å². The van der Waals surface area contributed by atoms with Crippen LogP contribution in [0.25, 0.3) is 0 Å². The Morgan fingerprint density at radius 3 is 2.34 bits per heavy atom. The van der Waals surface area contributed by atoms with Gasteiger partial charge in [-0.3, -0.25) is 13.9 Å². The van der Waals surface area contributed by atoms with Crippen LogP contribution in [-0.2, 0) is 29.1 Å². The lowest BCUT2D eigenvalue weighted by Crippen LogP contribution is -2.47. The van der Waals surface area contributed by atoms with Gasteiger partial charge < -0.3 is 9.47 Å². The van der Waals surface area contributed by atoms with E-state index >= 15 is 0 Å². The van der Waals surface area contributed by atoms with Crippen LogP contribution in [0.5, 0.6) is 0 Å². The summed E-state index contributed by atoms with van der Waals surface area (Å²) < 4.78 is 37.1. The molecule has 0 saturated carbocycles. The largest absolute Gasteiger partial charge is 0.465 e. The molecule has 0 fully saturated rings. The van der Waals surface area contributed by atoms with Crippen LogP contribution in [0.3, 0.4) is 0 Å². The number of anilines is 1. The monoisotopic (exact) mass is 573 g/mol. The number of carbonyl (C=O) groups excluding carboxylic acids is 2. The van der Waals surface area contributed by atoms with E-state index in [0.29, 0.717) is 12.3 Å². The topological polar surface area (TPSA) is 90.0 Å². The molecule has 190 valence electrons. The molecule has 4 rings (SSSR count). The summed E-state index contributed by atoms with van der Waals surface area (Å²) >= 11 is 4.41. The standard InChI is InChI=1S/C23H27NO6S5/c1-4-29-20(25)19(21(26)30-5-2)23(32-10-11-33-23)22-31-12-13-34(22)15-16-14-24(35(3,27)28)18-9-7-6-8-17(16)18/h6-13,16,19H,4-5,14-15H2,1-3H3. The first-order valence-electron chi connectivity index (χ1n) is 11.0. The van der Waals surface area contributed by atoms with Gasteiger partial charge in [0.05, 0.1) is 25.2 Å². The summed E-state index contributed by atoms with van der Waals surface area (Å²) in [4.78, 5) is 26.2. The van der Waals surface area contributed by atoms with Crippen molar-refractivity contribution in [1.82, 2.24) is 0 Å². The number of ether oxygens (including phenoxy) is 2. The summed E-state index contributed by atoms with van der Waals surface area (Å²) in [5, 5.41) is 7.92. The fraction of sp³-hybridized carbons (Fsp3) is 0.435. The van der Waals surface area contributed by atoms with Crippen LogP contribution < -0.4 is 4.31 Å². The zero-order valence-corrected chi connectivity index (χ0v) is 23.6. The number of thioether (sulfide) groups is 3. The molecule has 35 heavy (non-hydrogen) atoms. The third kappa shape index (κ3) is 5.22. The number of para-hydroxylation sites is 1. The lowest BCUT2D eigenvalue weighted by molar-refractivity contribution is -0.161. The molecule has 3 heterocycles. The van der Waals surface area contributed by atoms with Gasteiger partial charge in [0, 0.05) is 22.4 Å². The van der Waals surface area contributed by atoms with E-state index in [4.69, 9.17) is 9.47 Å². The van der Waals surface area contributed by atoms with Gasteiger partial charge in [-0.25, -0.2) is 8.42 Å². The van der Waals surface area contributed by atoms with Gasteiger partial charge in [-0.05, 0) is 47.1 Å². The minimum Gasteiger partial charge on any atom is -0.465 e. The van der Waals surface area contributed by atoms with Gasteiger partial charge in [-0.15, -0.1) is 34.0 Å². The van der Waals surface area contributed by atoms with Gasteiger partial charge in [-0.2, -0.15) is 0 Å². The second kappa shape index (κ2) is 11.0. The lowest BCUT2D eigenvalue weighted by Gasteiger charge is -2.34. The summed E-state index contributed by atoms with van der Waals surface area (Å²) in [6, 6.07) is 7.60. The normalized spacial score (nSPS) is 22.6. The van der Waals surface area contributed by atoms with Crippen molar-refractivity contribution in [3.63, 3.8) is 0 Å². The number of sulfonamides is 1. The van der Waals surface area contributed by atoms with Crippen molar-refractivity contribution in [3.05, 3.63) is 51.5 Å². The van der Waals surface area contributed by atoms with Gasteiger partial charge in [0.15, 0.2) is 5.92 Å². The molecular formula is C23H27NO6S5. The minimum absolute atomic E-state index is 0.00680. The molecule has 7 nitrogen and oxygen atoms in total. The maximum absolute atomic E-state index is 13.1. The predicted octanol–water partition coefficient (Wildman–Crippen LogP) is 4.56. The van der Waals surface area contributed by atoms with E-state index < -0.39 is 42.4 Å². The van der Waals surface area contributed by atoms with E-state index in [1.807, 2.05) is 40.5 Å². The predicted molar refractivity (Wildman–Crippen MR) is 149 cm³/mol. The first-order valence-corrected chi connectivity index (χ1v) is 17.0. The third-order valence-electron chi connectivity index (χ3n) is 5.70. The van der Waals surface area contributed by atoms with Crippen LogP contribution in [-0.4, -0.2) is 60.4 Å². The first kappa shape index (κ1) is 26.7. The maximum atomic E-state index is 13.1. The molecule has 0 bridgehead atoms. The van der Waals surface area contributed by atoms with Gasteiger partial charge in [0.1, 0.15) is 4.08 Å². The highest BCUT2D eigenvalue weighted by molar-refractivity contribution is 8.42. The van der Waals surface area contributed by atoms with E-state index in [9.17, 15) is 18.0 Å². The Hall–Kier alpha value is -1.34. The number of esters is 2. The zero-order valence-electron chi connectivity index (χ0n) is 19.5. The number of hydrogen-bond acceptors (Lipinski definition) is 9. The molecule has 0 amide bonds. The molecule has 1 aromatic carbocycles. The SMILES string of the molecule is CCOC(=O)C(C(=O)OCC)C1(C2=S(CC3CN(S(C)(=O)=O)c4ccccc43)C=CS2)SC=CS1. The highest BCUT2D eigenvalue weighted by atomic mass is 32.2. The molecule has 3 aliphatic rings. The summed E-state index contributed by atoms with van der Waals surface area (Å²) in [5.74, 6) is -1.62. The van der Waals surface area contributed by atoms with Crippen LogP contribution in [0.15, 0.2) is 45.9 Å². The maximum Gasteiger partial charge on any atom is 0.323 e. The quantitative estimate of drug-likeness (QED) is 0.240. The summed E-state index contributed by atoms with van der Waals surface area (Å²) in [7, 11) is -3.82. The second-order valence-electron chi connectivity index (χ2n) is 7.94. The Labute approximate surface area is 221 Å². The Morgan fingerprint density at radius 2 is 1.74 bits per heavy atom. The Morgan fingerprint density at radius 1 is 1.11 bits per heavy atom. The van der Waals surface area contributed by atoms with Crippen molar-refractivity contribution in [1.29, 1.82) is 0 Å². The Balaban J connectivity index is 1.73. The molecule has 0 spiro atoms. The van der Waals surface area contributed by atoms with Crippen LogP contribution >= 0.6 is 45.8 Å². The van der Waals surface area contributed by atoms with Gasteiger partial charge in [-0.1, -0.05) is 30.0 Å². The summed E-state index contributed by atoms with van der Waals surface area (Å²) in [6.07, 6.45) is 1.23. The van der Waals surface area contributed by atoms with Crippen molar-refractivity contribution in [3.8, 4) is 0 Å². The number of rotatable bonds is 9. The lowest BCUT2D eigenvalue weighted by atomic mass is 10.0. The van der Waals surface area contributed by atoms with Crippen molar-refractivity contribution in [2.75, 3.05) is 36.1 Å². The molecule has 0 saturated heterocycles. The number of fused-ring (bicyclic) bond motifs is 1. The van der Waals surface area contributed by atoms with Gasteiger partial charge >= 0.3 is 11.9 Å². The molecule has 1 aromatic rings. The van der Waals surface area contributed by atoms with Crippen LogP contribution in [0.1, 0.15) is 25.3 Å². The van der Waals surface area contributed by atoms with E-state index in [-0.39, 0.29) is 19.1 Å². The Bertz CT molecular complexity index is 1180. The number of benzene rings is 1. The smallest absolute Gasteiger partial charge is 0.323 e. The fourth-order valence-corrected chi connectivity index (χ4v) is 12.8. The van der Waals surface area contributed by atoms with E-state index in [1.165, 1.54) is 45.8 Å². The van der Waals surface area contributed by atoms with Crippen molar-refractivity contribution < 1.29 is 27.5 Å². The fourth-order valence-electron chi connectivity index (χ4n) is 4.30. The first-order chi connectivity index (χ1) is 16.7.